The first-order valence-corrected chi connectivity index (χ1v) is 13.3. The van der Waals surface area contributed by atoms with Crippen molar-refractivity contribution in [2.75, 3.05) is 0 Å². The third-order valence-electron chi connectivity index (χ3n) is 8.19. The molecule has 0 aliphatic carbocycles. The number of furan rings is 2. The molecule has 0 spiro atoms. The van der Waals surface area contributed by atoms with Gasteiger partial charge in [0.2, 0.25) is 5.71 Å². The van der Waals surface area contributed by atoms with Gasteiger partial charge in [0, 0.05) is 39.2 Å². The van der Waals surface area contributed by atoms with Gasteiger partial charge in [0.1, 0.15) is 16.7 Å². The molecule has 5 aromatic heterocycles. The van der Waals surface area contributed by atoms with E-state index < -0.39 is 0 Å². The minimum atomic E-state index is 0.649. The predicted octanol–water partition coefficient (Wildman–Crippen LogP) is 8.78. The highest BCUT2D eigenvalue weighted by Crippen LogP contribution is 2.45. The van der Waals surface area contributed by atoms with Crippen molar-refractivity contribution in [2.24, 2.45) is 0 Å². The largest absolute Gasteiger partial charge is 0.454 e. The van der Waals surface area contributed by atoms with E-state index in [1.54, 1.807) is 10.7 Å². The first-order chi connectivity index (χ1) is 19.8. The van der Waals surface area contributed by atoms with Crippen molar-refractivity contribution >= 4 is 82.4 Å². The van der Waals surface area contributed by atoms with E-state index in [4.69, 9.17) is 13.8 Å². The molecule has 186 valence electrons. The Balaban J connectivity index is 1.40. The molecule has 0 aliphatic rings. The average molecular weight is 515 g/mol. The Morgan fingerprint density at radius 2 is 1.38 bits per heavy atom. The van der Waals surface area contributed by atoms with Crippen molar-refractivity contribution in [2.45, 2.75) is 0 Å². The van der Waals surface area contributed by atoms with Crippen LogP contribution >= 0.6 is 0 Å². The van der Waals surface area contributed by atoms with Gasteiger partial charge >= 0.3 is 0 Å². The molecule has 0 fully saturated rings. The van der Waals surface area contributed by atoms with Crippen molar-refractivity contribution in [3.05, 3.63) is 109 Å². The molecule has 6 nitrogen and oxygen atoms in total. The highest BCUT2D eigenvalue weighted by atomic mass is 16.3. The molecule has 0 amide bonds. The van der Waals surface area contributed by atoms with E-state index in [0.717, 1.165) is 60.8 Å². The van der Waals surface area contributed by atoms with E-state index in [-0.39, 0.29) is 0 Å². The lowest BCUT2D eigenvalue weighted by molar-refractivity contribution is 0.637. The van der Waals surface area contributed by atoms with Crippen LogP contribution in [0.15, 0.2) is 118 Å². The van der Waals surface area contributed by atoms with Crippen molar-refractivity contribution < 1.29 is 8.83 Å². The van der Waals surface area contributed by atoms with Gasteiger partial charge in [0.15, 0.2) is 11.2 Å². The maximum atomic E-state index is 6.67. The summed E-state index contributed by atoms with van der Waals surface area (Å²) in [5.41, 5.74) is 7.92. The van der Waals surface area contributed by atoms with E-state index in [0.29, 0.717) is 5.71 Å². The van der Waals surface area contributed by atoms with Gasteiger partial charge in [-0.15, -0.1) is 0 Å². The van der Waals surface area contributed by atoms with Crippen LogP contribution in [0.4, 0.5) is 0 Å². The molecule has 0 unspecified atom stereocenters. The summed E-state index contributed by atoms with van der Waals surface area (Å²) in [5, 5.41) is 12.4. The fourth-order valence-corrected chi connectivity index (χ4v) is 6.56. The topological polar surface area (TPSA) is 61.4 Å². The number of hydrogen-bond acceptors (Lipinski definition) is 4. The van der Waals surface area contributed by atoms with E-state index in [1.165, 1.54) is 21.5 Å². The number of nitrogens with zero attached hydrogens (tertiary/aromatic N) is 4. The number of rotatable bonds is 1. The van der Waals surface area contributed by atoms with Crippen LogP contribution in [-0.2, 0) is 0 Å². The number of hydrogen-bond donors (Lipinski definition) is 0. The number of fused-ring (bicyclic) bond motifs is 15. The molecular formula is C34H18N4O2. The smallest absolute Gasteiger partial charge is 0.249 e. The van der Waals surface area contributed by atoms with Gasteiger partial charge in [-0.1, -0.05) is 60.7 Å². The molecule has 0 aliphatic heterocycles. The molecule has 0 N–H and O–H groups in total. The van der Waals surface area contributed by atoms with E-state index in [9.17, 15) is 0 Å². The monoisotopic (exact) mass is 514 g/mol. The SMILES string of the molecule is c1ccc2c(c1)oc1c2c2ccccc2c2c3ccccc3n(-c3ccc4c(c3)oc3c4nc4cccnn43)c12. The number of aromatic nitrogens is 4. The number of benzene rings is 5. The summed E-state index contributed by atoms with van der Waals surface area (Å²) in [4.78, 5) is 4.78. The van der Waals surface area contributed by atoms with E-state index in [2.05, 4.69) is 88.5 Å². The third-order valence-corrected chi connectivity index (χ3v) is 8.19. The summed E-state index contributed by atoms with van der Waals surface area (Å²) in [7, 11) is 0. The molecule has 10 rings (SSSR count). The summed E-state index contributed by atoms with van der Waals surface area (Å²) in [6, 6.07) is 35.7. The quantitative estimate of drug-likeness (QED) is 0.220. The number of para-hydroxylation sites is 2. The van der Waals surface area contributed by atoms with Gasteiger partial charge < -0.3 is 13.4 Å². The van der Waals surface area contributed by atoms with Crippen LogP contribution in [0.1, 0.15) is 0 Å². The van der Waals surface area contributed by atoms with E-state index in [1.807, 2.05) is 24.3 Å². The fraction of sp³-hybridized carbons (Fsp3) is 0. The van der Waals surface area contributed by atoms with E-state index >= 15 is 0 Å². The van der Waals surface area contributed by atoms with Crippen molar-refractivity contribution in [3.8, 4) is 5.69 Å². The van der Waals surface area contributed by atoms with Crippen LogP contribution in [0, 0.1) is 0 Å². The third kappa shape index (κ3) is 2.40. The van der Waals surface area contributed by atoms with Gasteiger partial charge in [-0.3, -0.25) is 0 Å². The minimum absolute atomic E-state index is 0.649. The van der Waals surface area contributed by atoms with Crippen molar-refractivity contribution in [1.82, 2.24) is 19.2 Å². The molecule has 0 saturated carbocycles. The summed E-state index contributed by atoms with van der Waals surface area (Å²) >= 11 is 0. The van der Waals surface area contributed by atoms with Gasteiger partial charge in [-0.05, 0) is 47.2 Å². The Kier molecular flexibility index (Phi) is 3.60. The normalized spacial score (nSPS) is 12.5. The van der Waals surface area contributed by atoms with Crippen molar-refractivity contribution in [1.29, 1.82) is 0 Å². The van der Waals surface area contributed by atoms with Crippen LogP contribution in [-0.4, -0.2) is 19.2 Å². The Bertz CT molecular complexity index is 2670. The molecule has 5 aromatic carbocycles. The summed E-state index contributed by atoms with van der Waals surface area (Å²) in [6.07, 6.45) is 1.74. The lowest BCUT2D eigenvalue weighted by atomic mass is 9.99. The second-order valence-corrected chi connectivity index (χ2v) is 10.3. The molecule has 10 aromatic rings. The summed E-state index contributed by atoms with van der Waals surface area (Å²) in [6.45, 7) is 0. The summed E-state index contributed by atoms with van der Waals surface area (Å²) < 4.78 is 17.1. The maximum Gasteiger partial charge on any atom is 0.249 e. The Morgan fingerprint density at radius 3 is 2.27 bits per heavy atom. The van der Waals surface area contributed by atoms with Crippen LogP contribution in [0.25, 0.3) is 88.1 Å². The molecule has 40 heavy (non-hydrogen) atoms. The highest BCUT2D eigenvalue weighted by Gasteiger charge is 2.23. The zero-order valence-corrected chi connectivity index (χ0v) is 21.0. The molecule has 6 heteroatoms. The zero-order chi connectivity index (χ0) is 25.9. The standard InChI is InChI=1S/C34H18N4O2/c1-2-9-21-20(8-1)29-22-10-3-5-12-25(22)37(32(29)33-30(21)23-11-4-6-13-26(23)39-33)19-15-16-24-27(18-19)40-34-31(24)36-28-14-7-17-35-38(28)34/h1-18H. The molecule has 5 heterocycles. The van der Waals surface area contributed by atoms with Crippen LogP contribution in [0.2, 0.25) is 0 Å². The molecular weight excluding hydrogens is 496 g/mol. The van der Waals surface area contributed by atoms with Gasteiger partial charge in [0.25, 0.3) is 0 Å². The molecule has 0 saturated heterocycles. The minimum Gasteiger partial charge on any atom is -0.454 e. The molecule has 0 bridgehead atoms. The lowest BCUT2D eigenvalue weighted by Crippen LogP contribution is -1.94. The Labute approximate surface area is 225 Å². The maximum absolute atomic E-state index is 6.67. The lowest BCUT2D eigenvalue weighted by Gasteiger charge is -2.09. The first kappa shape index (κ1) is 20.4. The van der Waals surface area contributed by atoms with Crippen LogP contribution < -0.4 is 0 Å². The Morgan fingerprint density at radius 1 is 0.600 bits per heavy atom. The second kappa shape index (κ2) is 7.07. The fourth-order valence-electron chi connectivity index (χ4n) is 6.56. The summed E-state index contributed by atoms with van der Waals surface area (Å²) in [5.74, 6) is 0. The average Bonchev–Trinajstić information content (AvgIpc) is 3.74. The highest BCUT2D eigenvalue weighted by molar-refractivity contribution is 6.35. The van der Waals surface area contributed by atoms with Gasteiger partial charge in [-0.25, -0.2) is 4.98 Å². The van der Waals surface area contributed by atoms with Crippen molar-refractivity contribution in [3.63, 3.8) is 0 Å². The molecule has 0 radical (unpaired) electrons. The van der Waals surface area contributed by atoms with Crippen LogP contribution in [0.3, 0.4) is 0 Å². The molecule has 0 atom stereocenters. The second-order valence-electron chi connectivity index (χ2n) is 10.3. The van der Waals surface area contributed by atoms with Crippen LogP contribution in [0.5, 0.6) is 0 Å². The van der Waals surface area contributed by atoms with Gasteiger partial charge in [-0.2, -0.15) is 9.61 Å². The number of imidazole rings is 1. The first-order valence-electron chi connectivity index (χ1n) is 13.3. The van der Waals surface area contributed by atoms with Gasteiger partial charge in [0.05, 0.1) is 16.7 Å². The zero-order valence-electron chi connectivity index (χ0n) is 21.0. The Hall–Kier alpha value is -5.62. The predicted molar refractivity (Wildman–Crippen MR) is 159 cm³/mol.